The Labute approximate surface area is 130 Å². The number of hydrogen-bond donors (Lipinski definition) is 1. The SMILES string of the molecule is CCCCc1ccc(-c2ccccc2)c(C#N)c1S(=O)(=O)O. The van der Waals surface area contributed by atoms with Gasteiger partial charge in [-0.15, -0.1) is 0 Å². The predicted octanol–water partition coefficient (Wildman–Crippen LogP) is 3.81. The normalized spacial score (nSPS) is 11.1. The lowest BCUT2D eigenvalue weighted by Crippen LogP contribution is -2.08. The molecule has 1 N–H and O–H groups in total. The van der Waals surface area contributed by atoms with Crippen LogP contribution in [-0.2, 0) is 16.5 Å². The zero-order valence-electron chi connectivity index (χ0n) is 12.3. The summed E-state index contributed by atoms with van der Waals surface area (Å²) in [5.41, 5.74) is 1.74. The van der Waals surface area contributed by atoms with E-state index in [0.29, 0.717) is 17.5 Å². The maximum absolute atomic E-state index is 11.8. The van der Waals surface area contributed by atoms with Crippen molar-refractivity contribution >= 4 is 10.1 Å². The Morgan fingerprint density at radius 2 is 1.82 bits per heavy atom. The highest BCUT2D eigenvalue weighted by molar-refractivity contribution is 7.86. The summed E-state index contributed by atoms with van der Waals surface area (Å²) in [6.07, 6.45) is 2.20. The van der Waals surface area contributed by atoms with E-state index >= 15 is 0 Å². The second-order valence-electron chi connectivity index (χ2n) is 5.03. The van der Waals surface area contributed by atoms with E-state index in [1.54, 1.807) is 24.3 Å². The van der Waals surface area contributed by atoms with Crippen molar-refractivity contribution in [2.45, 2.75) is 31.1 Å². The van der Waals surface area contributed by atoms with Gasteiger partial charge in [0, 0.05) is 5.56 Å². The summed E-state index contributed by atoms with van der Waals surface area (Å²) in [6, 6.07) is 14.4. The van der Waals surface area contributed by atoms with Gasteiger partial charge in [-0.05, 0) is 24.0 Å². The lowest BCUT2D eigenvalue weighted by molar-refractivity contribution is 0.481. The molecule has 0 radical (unpaired) electrons. The zero-order valence-corrected chi connectivity index (χ0v) is 13.1. The van der Waals surface area contributed by atoms with Crippen LogP contribution in [0.25, 0.3) is 11.1 Å². The first kappa shape index (κ1) is 16.2. The summed E-state index contributed by atoms with van der Waals surface area (Å²) in [5, 5.41) is 9.45. The molecule has 0 atom stereocenters. The number of unbranched alkanes of at least 4 members (excludes halogenated alkanes) is 1. The van der Waals surface area contributed by atoms with Crippen LogP contribution >= 0.6 is 0 Å². The number of aryl methyl sites for hydroxylation is 1. The minimum absolute atomic E-state index is 0.00213. The highest BCUT2D eigenvalue weighted by Crippen LogP contribution is 2.31. The third kappa shape index (κ3) is 3.35. The number of hydrogen-bond acceptors (Lipinski definition) is 3. The fourth-order valence-electron chi connectivity index (χ4n) is 2.45. The van der Waals surface area contributed by atoms with Gasteiger partial charge in [0.05, 0.1) is 5.56 Å². The molecule has 0 fully saturated rings. The van der Waals surface area contributed by atoms with Gasteiger partial charge in [-0.25, -0.2) is 0 Å². The van der Waals surface area contributed by atoms with Crippen LogP contribution in [0.3, 0.4) is 0 Å². The minimum atomic E-state index is -4.46. The summed E-state index contributed by atoms with van der Waals surface area (Å²) in [5.74, 6) is 0. The lowest BCUT2D eigenvalue weighted by atomic mass is 9.96. The molecular weight excluding hydrogens is 298 g/mol. The van der Waals surface area contributed by atoms with Gasteiger partial charge >= 0.3 is 0 Å². The molecule has 0 saturated carbocycles. The Kier molecular flexibility index (Phi) is 4.96. The van der Waals surface area contributed by atoms with Gasteiger partial charge in [-0.2, -0.15) is 13.7 Å². The molecule has 0 aliphatic heterocycles. The Bertz CT molecular complexity index is 806. The van der Waals surface area contributed by atoms with Gasteiger partial charge < -0.3 is 0 Å². The Morgan fingerprint density at radius 3 is 2.36 bits per heavy atom. The average Bonchev–Trinajstić information content (AvgIpc) is 2.51. The second kappa shape index (κ2) is 6.73. The smallest absolute Gasteiger partial charge is 0.282 e. The van der Waals surface area contributed by atoms with Crippen molar-refractivity contribution in [2.75, 3.05) is 0 Å². The van der Waals surface area contributed by atoms with Crippen LogP contribution in [0.15, 0.2) is 47.4 Å². The predicted molar refractivity (Wildman–Crippen MR) is 85.0 cm³/mol. The fourth-order valence-corrected chi connectivity index (χ4v) is 3.37. The molecule has 0 unspecified atom stereocenters. The molecule has 0 spiro atoms. The zero-order chi connectivity index (χ0) is 16.2. The third-order valence-corrected chi connectivity index (χ3v) is 4.48. The van der Waals surface area contributed by atoms with Gasteiger partial charge in [0.1, 0.15) is 11.0 Å². The first-order valence-electron chi connectivity index (χ1n) is 7.08. The molecule has 0 heterocycles. The van der Waals surface area contributed by atoms with Crippen molar-refractivity contribution < 1.29 is 13.0 Å². The molecule has 22 heavy (non-hydrogen) atoms. The lowest BCUT2D eigenvalue weighted by Gasteiger charge is -2.13. The molecule has 2 rings (SSSR count). The van der Waals surface area contributed by atoms with Crippen molar-refractivity contribution in [2.24, 2.45) is 0 Å². The molecule has 4 nitrogen and oxygen atoms in total. The molecule has 0 saturated heterocycles. The van der Waals surface area contributed by atoms with Gasteiger partial charge in [0.25, 0.3) is 10.1 Å². The molecule has 0 aliphatic carbocycles. The van der Waals surface area contributed by atoms with Crippen LogP contribution in [-0.4, -0.2) is 13.0 Å². The summed E-state index contributed by atoms with van der Waals surface area (Å²) >= 11 is 0. The molecule has 5 heteroatoms. The highest BCUT2D eigenvalue weighted by Gasteiger charge is 2.23. The van der Waals surface area contributed by atoms with Crippen molar-refractivity contribution in [3.63, 3.8) is 0 Å². The van der Waals surface area contributed by atoms with Crippen LogP contribution in [0, 0.1) is 11.3 Å². The first-order chi connectivity index (χ1) is 10.5. The molecular formula is C17H17NO3S. The summed E-state index contributed by atoms with van der Waals surface area (Å²) in [4.78, 5) is -0.259. The largest absolute Gasteiger partial charge is 0.296 e. The van der Waals surface area contributed by atoms with E-state index in [2.05, 4.69) is 0 Å². The number of nitriles is 1. The quantitative estimate of drug-likeness (QED) is 0.851. The van der Waals surface area contributed by atoms with Gasteiger partial charge in [0.15, 0.2) is 0 Å². The minimum Gasteiger partial charge on any atom is -0.282 e. The summed E-state index contributed by atoms with van der Waals surface area (Å²) < 4.78 is 33.1. The van der Waals surface area contributed by atoms with Gasteiger partial charge in [0.2, 0.25) is 0 Å². The van der Waals surface area contributed by atoms with E-state index in [1.165, 1.54) is 0 Å². The van der Waals surface area contributed by atoms with E-state index in [9.17, 15) is 18.2 Å². The van der Waals surface area contributed by atoms with Crippen LogP contribution in [0.5, 0.6) is 0 Å². The van der Waals surface area contributed by atoms with Crippen LogP contribution in [0.4, 0.5) is 0 Å². The second-order valence-corrected chi connectivity index (χ2v) is 6.39. The topological polar surface area (TPSA) is 78.2 Å². The van der Waals surface area contributed by atoms with E-state index in [0.717, 1.165) is 18.4 Å². The molecule has 0 aliphatic rings. The Hall–Kier alpha value is -2.16. The van der Waals surface area contributed by atoms with E-state index in [1.807, 2.05) is 31.2 Å². The fraction of sp³-hybridized carbons (Fsp3) is 0.235. The van der Waals surface area contributed by atoms with Gasteiger partial charge in [-0.3, -0.25) is 4.55 Å². The van der Waals surface area contributed by atoms with Crippen LogP contribution in [0.1, 0.15) is 30.9 Å². The summed E-state index contributed by atoms with van der Waals surface area (Å²) in [7, 11) is -4.46. The number of nitrogens with zero attached hydrogens (tertiary/aromatic N) is 1. The molecule has 0 amide bonds. The maximum atomic E-state index is 11.8. The summed E-state index contributed by atoms with van der Waals surface area (Å²) in [6.45, 7) is 2.00. The molecule has 2 aromatic rings. The Balaban J connectivity index is 2.73. The third-order valence-electron chi connectivity index (χ3n) is 3.49. The highest BCUT2D eigenvalue weighted by atomic mass is 32.2. The molecule has 2 aromatic carbocycles. The molecule has 0 aromatic heterocycles. The van der Waals surface area contributed by atoms with Crippen LogP contribution < -0.4 is 0 Å². The van der Waals surface area contributed by atoms with Crippen molar-refractivity contribution in [3.05, 3.63) is 53.6 Å². The van der Waals surface area contributed by atoms with Crippen molar-refractivity contribution in [1.29, 1.82) is 5.26 Å². The number of rotatable bonds is 5. The molecule has 0 bridgehead atoms. The van der Waals surface area contributed by atoms with Gasteiger partial charge in [-0.1, -0.05) is 55.8 Å². The monoisotopic (exact) mass is 315 g/mol. The van der Waals surface area contributed by atoms with E-state index < -0.39 is 10.1 Å². The maximum Gasteiger partial charge on any atom is 0.296 e. The first-order valence-corrected chi connectivity index (χ1v) is 8.52. The Morgan fingerprint density at radius 1 is 1.14 bits per heavy atom. The standard InChI is InChI=1S/C17H17NO3S/c1-2-3-7-14-10-11-15(13-8-5-4-6-9-13)16(12-18)17(14)22(19,20)21/h4-6,8-11H,2-3,7H2,1H3,(H,19,20,21). The van der Waals surface area contributed by atoms with E-state index in [4.69, 9.17) is 0 Å². The van der Waals surface area contributed by atoms with Crippen LogP contribution in [0.2, 0.25) is 0 Å². The van der Waals surface area contributed by atoms with Crippen molar-refractivity contribution in [3.8, 4) is 17.2 Å². The molecule has 114 valence electrons. The van der Waals surface area contributed by atoms with E-state index in [-0.39, 0.29) is 10.5 Å². The average molecular weight is 315 g/mol. The number of benzene rings is 2. The van der Waals surface area contributed by atoms with Crippen molar-refractivity contribution in [1.82, 2.24) is 0 Å².